The van der Waals surface area contributed by atoms with E-state index in [1.165, 1.54) is 25.7 Å². The highest BCUT2D eigenvalue weighted by Crippen LogP contribution is 2.51. The zero-order valence-electron chi connectivity index (χ0n) is 10.5. The summed E-state index contributed by atoms with van der Waals surface area (Å²) >= 11 is 3.83. The summed E-state index contributed by atoms with van der Waals surface area (Å²) in [6, 6.07) is 0. The molecule has 0 spiro atoms. The van der Waals surface area contributed by atoms with Crippen molar-refractivity contribution in [1.82, 2.24) is 0 Å². The van der Waals surface area contributed by atoms with E-state index in [9.17, 15) is 4.79 Å². The van der Waals surface area contributed by atoms with Gasteiger partial charge in [0.25, 0.3) is 0 Å². The van der Waals surface area contributed by atoms with Crippen molar-refractivity contribution in [2.75, 3.05) is 19.1 Å². The van der Waals surface area contributed by atoms with E-state index in [2.05, 4.69) is 12.5 Å². The molecule has 0 aromatic rings. The fourth-order valence-corrected chi connectivity index (χ4v) is 4.92. The normalized spacial score (nSPS) is 24.1. The molecule has 1 aliphatic carbocycles. The molecule has 1 atom stereocenters. The molecule has 0 aromatic heterocycles. The molecule has 1 saturated carbocycles. The molecule has 1 fully saturated rings. The third kappa shape index (κ3) is 3.33. The average molecular weight is 262 g/mol. The van der Waals surface area contributed by atoms with E-state index in [-0.39, 0.29) is 10.0 Å². The highest BCUT2D eigenvalue weighted by Gasteiger charge is 2.40. The molecule has 1 aliphatic rings. The van der Waals surface area contributed by atoms with Crippen LogP contribution in [0.25, 0.3) is 0 Å². The zero-order valence-corrected chi connectivity index (χ0v) is 12.1. The number of hydrogen-bond donors (Lipinski definition) is 0. The van der Waals surface area contributed by atoms with E-state index in [1.807, 2.05) is 30.4 Å². The van der Waals surface area contributed by atoms with Crippen LogP contribution in [0.4, 0.5) is 0 Å². The summed E-state index contributed by atoms with van der Waals surface area (Å²) < 4.78 is 5.31. The summed E-state index contributed by atoms with van der Waals surface area (Å²) in [4.78, 5) is 11.6. The van der Waals surface area contributed by atoms with Crippen LogP contribution in [0.3, 0.4) is 0 Å². The number of thioether (sulfide) groups is 2. The van der Waals surface area contributed by atoms with Gasteiger partial charge in [-0.15, -0.1) is 23.5 Å². The van der Waals surface area contributed by atoms with E-state index in [0.717, 1.165) is 0 Å². The van der Waals surface area contributed by atoms with Crippen molar-refractivity contribution in [3.63, 3.8) is 0 Å². The van der Waals surface area contributed by atoms with E-state index in [1.54, 1.807) is 0 Å². The minimum atomic E-state index is -0.0260. The smallest absolute Gasteiger partial charge is 0.306 e. The first kappa shape index (κ1) is 14.2. The Morgan fingerprint density at radius 1 is 1.38 bits per heavy atom. The molecule has 0 N–H and O–H groups in total. The molecule has 0 saturated heterocycles. The van der Waals surface area contributed by atoms with E-state index < -0.39 is 0 Å². The topological polar surface area (TPSA) is 26.3 Å². The van der Waals surface area contributed by atoms with Crippen LogP contribution in [0, 0.1) is 5.92 Å². The first-order valence-corrected chi connectivity index (χ1v) is 8.39. The maximum absolute atomic E-state index is 11.6. The number of carbonyl (C=O) groups excluding carboxylic acids is 1. The Labute approximate surface area is 107 Å². The Morgan fingerprint density at radius 2 is 2.06 bits per heavy atom. The monoisotopic (exact) mass is 262 g/mol. The SMILES string of the molecule is CCOC(=O)CC1CCCCC1(SC)SC. The lowest BCUT2D eigenvalue weighted by molar-refractivity contribution is -0.144. The molecule has 4 heteroatoms. The minimum Gasteiger partial charge on any atom is -0.466 e. The van der Waals surface area contributed by atoms with Crippen LogP contribution in [0.15, 0.2) is 0 Å². The number of rotatable bonds is 5. The van der Waals surface area contributed by atoms with Crippen LogP contribution in [0.2, 0.25) is 0 Å². The number of ether oxygens (including phenoxy) is 1. The molecule has 16 heavy (non-hydrogen) atoms. The second kappa shape index (κ2) is 6.80. The summed E-state index contributed by atoms with van der Waals surface area (Å²) in [6.07, 6.45) is 9.86. The predicted octanol–water partition coefficient (Wildman–Crippen LogP) is 3.55. The van der Waals surface area contributed by atoms with Crippen LogP contribution in [0.1, 0.15) is 39.0 Å². The lowest BCUT2D eigenvalue weighted by Crippen LogP contribution is -2.35. The quantitative estimate of drug-likeness (QED) is 0.559. The van der Waals surface area contributed by atoms with Gasteiger partial charge in [0.15, 0.2) is 0 Å². The third-order valence-electron chi connectivity index (χ3n) is 3.36. The Hall–Kier alpha value is 0.170. The van der Waals surface area contributed by atoms with Crippen LogP contribution in [0.5, 0.6) is 0 Å². The van der Waals surface area contributed by atoms with Crippen molar-refractivity contribution in [3.05, 3.63) is 0 Å². The van der Waals surface area contributed by atoms with Crippen LogP contribution in [-0.4, -0.2) is 29.2 Å². The second-order valence-electron chi connectivity index (χ2n) is 4.17. The van der Waals surface area contributed by atoms with Gasteiger partial charge < -0.3 is 4.74 Å². The minimum absolute atomic E-state index is 0.0260. The zero-order chi connectivity index (χ0) is 12.0. The number of hydrogen-bond acceptors (Lipinski definition) is 4. The molecule has 0 aromatic carbocycles. The lowest BCUT2D eigenvalue weighted by Gasteiger charge is -2.41. The van der Waals surface area contributed by atoms with Gasteiger partial charge in [-0.05, 0) is 38.2 Å². The van der Waals surface area contributed by atoms with Gasteiger partial charge in [-0.1, -0.05) is 12.8 Å². The van der Waals surface area contributed by atoms with Gasteiger partial charge in [0, 0.05) is 0 Å². The van der Waals surface area contributed by atoms with Crippen molar-refractivity contribution in [1.29, 1.82) is 0 Å². The number of carbonyl (C=O) groups is 1. The lowest BCUT2D eigenvalue weighted by atomic mass is 9.86. The molecule has 2 nitrogen and oxygen atoms in total. The van der Waals surface area contributed by atoms with Gasteiger partial charge in [0.05, 0.1) is 17.1 Å². The first-order valence-electron chi connectivity index (χ1n) is 5.94. The highest BCUT2D eigenvalue weighted by atomic mass is 32.2. The molecule has 0 amide bonds. The van der Waals surface area contributed by atoms with Crippen molar-refractivity contribution in [2.24, 2.45) is 5.92 Å². The molecular formula is C12H22O2S2. The maximum atomic E-state index is 11.6. The van der Waals surface area contributed by atoms with Crippen LogP contribution in [-0.2, 0) is 9.53 Å². The fraction of sp³-hybridized carbons (Fsp3) is 0.917. The maximum Gasteiger partial charge on any atom is 0.306 e. The molecule has 1 unspecified atom stereocenters. The van der Waals surface area contributed by atoms with E-state index in [0.29, 0.717) is 18.9 Å². The van der Waals surface area contributed by atoms with E-state index in [4.69, 9.17) is 4.74 Å². The Morgan fingerprint density at radius 3 is 2.62 bits per heavy atom. The highest BCUT2D eigenvalue weighted by molar-refractivity contribution is 8.17. The van der Waals surface area contributed by atoms with Crippen molar-refractivity contribution in [3.8, 4) is 0 Å². The molecule has 0 bridgehead atoms. The van der Waals surface area contributed by atoms with Gasteiger partial charge >= 0.3 is 5.97 Å². The predicted molar refractivity (Wildman–Crippen MR) is 73.0 cm³/mol. The summed E-state index contributed by atoms with van der Waals surface area (Å²) in [5.41, 5.74) is 0. The molecule has 1 rings (SSSR count). The van der Waals surface area contributed by atoms with Gasteiger partial charge in [0.1, 0.15) is 0 Å². The van der Waals surface area contributed by atoms with Crippen molar-refractivity contribution in [2.45, 2.75) is 43.1 Å². The molecular weight excluding hydrogens is 240 g/mol. The number of esters is 1. The third-order valence-corrected chi connectivity index (χ3v) is 6.82. The summed E-state index contributed by atoms with van der Waals surface area (Å²) in [5.74, 6) is 0.451. The summed E-state index contributed by atoms with van der Waals surface area (Å²) in [6.45, 7) is 2.37. The average Bonchev–Trinajstić information content (AvgIpc) is 2.30. The molecule has 0 radical (unpaired) electrons. The Bertz CT molecular complexity index is 227. The second-order valence-corrected chi connectivity index (χ2v) is 6.70. The van der Waals surface area contributed by atoms with Gasteiger partial charge in [-0.3, -0.25) is 4.79 Å². The summed E-state index contributed by atoms with van der Waals surface area (Å²) in [5, 5.41) is 0. The van der Waals surface area contributed by atoms with Crippen LogP contribution < -0.4 is 0 Å². The Kier molecular flexibility index (Phi) is 6.05. The van der Waals surface area contributed by atoms with Gasteiger partial charge in [-0.2, -0.15) is 0 Å². The molecule has 0 heterocycles. The standard InChI is InChI=1S/C12H22O2S2/c1-4-14-11(13)9-10-7-5-6-8-12(10,15-2)16-3/h10H,4-9H2,1-3H3. The summed E-state index contributed by atoms with van der Waals surface area (Å²) in [7, 11) is 0. The molecule has 94 valence electrons. The largest absolute Gasteiger partial charge is 0.466 e. The van der Waals surface area contributed by atoms with Gasteiger partial charge in [-0.25, -0.2) is 0 Å². The van der Waals surface area contributed by atoms with Gasteiger partial charge in [0.2, 0.25) is 0 Å². The van der Waals surface area contributed by atoms with Crippen molar-refractivity contribution >= 4 is 29.5 Å². The fourth-order valence-electron chi connectivity index (χ4n) is 2.49. The van der Waals surface area contributed by atoms with Crippen molar-refractivity contribution < 1.29 is 9.53 Å². The first-order chi connectivity index (χ1) is 7.68. The van der Waals surface area contributed by atoms with Crippen LogP contribution >= 0.6 is 23.5 Å². The van der Waals surface area contributed by atoms with E-state index >= 15 is 0 Å². The Balaban J connectivity index is 2.63. The molecule has 0 aliphatic heterocycles.